The second-order valence-electron chi connectivity index (χ2n) is 8.60. The van der Waals surface area contributed by atoms with Crippen LogP contribution in [0, 0.1) is 12.7 Å². The molecule has 3 aromatic carbocycles. The van der Waals surface area contributed by atoms with Crippen molar-refractivity contribution >= 4 is 34.3 Å². The number of rotatable bonds is 4. The Morgan fingerprint density at radius 1 is 0.853 bits per heavy atom. The molecule has 1 aromatic heterocycles. The van der Waals surface area contributed by atoms with Gasteiger partial charge in [0.1, 0.15) is 11.6 Å². The Balaban J connectivity index is 1.49. The number of nitrogens with zero attached hydrogens (tertiary/aromatic N) is 4. The van der Waals surface area contributed by atoms with Gasteiger partial charge in [-0.2, -0.15) is 4.98 Å². The van der Waals surface area contributed by atoms with Crippen molar-refractivity contribution in [3.8, 4) is 11.1 Å². The number of aromatic nitrogens is 2. The average Bonchev–Trinajstić information content (AvgIpc) is 2.84. The van der Waals surface area contributed by atoms with Crippen LogP contribution >= 0.6 is 0 Å². The van der Waals surface area contributed by atoms with Gasteiger partial charge in [-0.3, -0.25) is 10.1 Å². The molecule has 0 atom stereocenters. The first kappa shape index (κ1) is 21.8. The summed E-state index contributed by atoms with van der Waals surface area (Å²) in [4.78, 5) is 25.6. The molecule has 1 N–H and O–H groups in total. The minimum Gasteiger partial charge on any atom is -0.368 e. The van der Waals surface area contributed by atoms with Gasteiger partial charge >= 0.3 is 0 Å². The van der Waals surface area contributed by atoms with Crippen LogP contribution in [0.2, 0.25) is 0 Å². The van der Waals surface area contributed by atoms with Crippen LogP contribution in [-0.4, -0.2) is 42.1 Å². The van der Waals surface area contributed by atoms with Gasteiger partial charge in [0.15, 0.2) is 0 Å². The zero-order valence-corrected chi connectivity index (χ0v) is 19.3. The zero-order chi connectivity index (χ0) is 23.7. The SMILES string of the molecule is CC(=O)Nc1nc(N2CCN(c3ccc(C)cc3)CC2)c2cc(-c3ccc(F)cc3)ccc2n1. The average molecular weight is 456 g/mol. The first-order valence-electron chi connectivity index (χ1n) is 11.4. The van der Waals surface area contributed by atoms with Gasteiger partial charge < -0.3 is 9.80 Å². The van der Waals surface area contributed by atoms with Crippen LogP contribution < -0.4 is 15.1 Å². The van der Waals surface area contributed by atoms with Crippen LogP contribution in [0.3, 0.4) is 0 Å². The van der Waals surface area contributed by atoms with Crippen molar-refractivity contribution in [2.75, 3.05) is 41.3 Å². The predicted molar refractivity (Wildman–Crippen MR) is 135 cm³/mol. The van der Waals surface area contributed by atoms with Crippen molar-refractivity contribution < 1.29 is 9.18 Å². The fraction of sp³-hybridized carbons (Fsp3) is 0.222. The summed E-state index contributed by atoms with van der Waals surface area (Å²) < 4.78 is 13.4. The van der Waals surface area contributed by atoms with E-state index in [1.807, 2.05) is 18.2 Å². The number of fused-ring (bicyclic) bond motifs is 1. The topological polar surface area (TPSA) is 61.4 Å². The van der Waals surface area contributed by atoms with E-state index in [1.165, 1.54) is 30.3 Å². The maximum Gasteiger partial charge on any atom is 0.231 e. The molecular formula is C27H26FN5O. The van der Waals surface area contributed by atoms with E-state index in [-0.39, 0.29) is 11.7 Å². The standard InChI is InChI=1S/C27H26FN5O/c1-18-3-10-23(11-4-18)32-13-15-33(16-14-32)26-24-17-21(20-5-8-22(28)9-6-20)7-12-25(24)30-27(31-26)29-19(2)34/h3-12,17H,13-16H2,1-2H3,(H,29,30,31,34). The molecule has 1 amide bonds. The number of halogens is 1. The number of hydrogen-bond acceptors (Lipinski definition) is 5. The quantitative estimate of drug-likeness (QED) is 0.468. The van der Waals surface area contributed by atoms with E-state index in [1.54, 1.807) is 12.1 Å². The molecule has 1 aliphatic rings. The summed E-state index contributed by atoms with van der Waals surface area (Å²) in [5.41, 5.74) is 5.10. The summed E-state index contributed by atoms with van der Waals surface area (Å²) in [7, 11) is 0. The van der Waals surface area contributed by atoms with Crippen molar-refractivity contribution in [1.82, 2.24) is 9.97 Å². The number of aryl methyl sites for hydroxylation is 1. The molecular weight excluding hydrogens is 429 g/mol. The van der Waals surface area contributed by atoms with E-state index in [4.69, 9.17) is 4.98 Å². The highest BCUT2D eigenvalue weighted by Crippen LogP contribution is 2.31. The Labute approximate surface area is 198 Å². The highest BCUT2D eigenvalue weighted by molar-refractivity contribution is 5.95. The number of carbonyl (C=O) groups excluding carboxylic acids is 1. The van der Waals surface area contributed by atoms with Gasteiger partial charge in [-0.25, -0.2) is 9.37 Å². The predicted octanol–water partition coefficient (Wildman–Crippen LogP) is 5.03. The zero-order valence-electron chi connectivity index (χ0n) is 19.3. The van der Waals surface area contributed by atoms with E-state index in [0.717, 1.165) is 54.0 Å². The van der Waals surface area contributed by atoms with E-state index in [9.17, 15) is 9.18 Å². The van der Waals surface area contributed by atoms with Crippen LogP contribution in [0.1, 0.15) is 12.5 Å². The van der Waals surface area contributed by atoms with Crippen LogP contribution in [0.15, 0.2) is 66.7 Å². The van der Waals surface area contributed by atoms with E-state index in [2.05, 4.69) is 51.3 Å². The summed E-state index contributed by atoms with van der Waals surface area (Å²) in [5.74, 6) is 0.615. The Morgan fingerprint density at radius 3 is 2.18 bits per heavy atom. The van der Waals surface area contributed by atoms with Gasteiger partial charge in [-0.15, -0.1) is 0 Å². The third-order valence-electron chi connectivity index (χ3n) is 6.12. The largest absolute Gasteiger partial charge is 0.368 e. The molecule has 0 unspecified atom stereocenters. The molecule has 2 heterocycles. The van der Waals surface area contributed by atoms with Crippen molar-refractivity contribution in [3.63, 3.8) is 0 Å². The fourth-order valence-corrected chi connectivity index (χ4v) is 4.32. The highest BCUT2D eigenvalue weighted by Gasteiger charge is 2.22. The normalized spacial score (nSPS) is 13.9. The van der Waals surface area contributed by atoms with E-state index < -0.39 is 0 Å². The molecule has 1 aliphatic heterocycles. The number of nitrogens with one attached hydrogen (secondary N) is 1. The first-order valence-corrected chi connectivity index (χ1v) is 11.4. The maximum absolute atomic E-state index is 13.4. The molecule has 1 saturated heterocycles. The van der Waals surface area contributed by atoms with Gasteiger partial charge in [0.25, 0.3) is 0 Å². The van der Waals surface area contributed by atoms with Crippen molar-refractivity contribution in [2.24, 2.45) is 0 Å². The van der Waals surface area contributed by atoms with Gasteiger partial charge in [-0.05, 0) is 54.4 Å². The van der Waals surface area contributed by atoms with Gasteiger partial charge in [-0.1, -0.05) is 35.9 Å². The molecule has 0 aliphatic carbocycles. The third-order valence-corrected chi connectivity index (χ3v) is 6.12. The molecule has 5 rings (SSSR count). The van der Waals surface area contributed by atoms with Crippen molar-refractivity contribution in [3.05, 3.63) is 78.1 Å². The molecule has 4 aromatic rings. The Hall–Kier alpha value is -4.00. The Bertz CT molecular complexity index is 1330. The van der Waals surface area contributed by atoms with Crippen molar-refractivity contribution in [2.45, 2.75) is 13.8 Å². The molecule has 1 fully saturated rings. The Kier molecular flexibility index (Phi) is 5.84. The van der Waals surface area contributed by atoms with E-state index in [0.29, 0.717) is 5.95 Å². The van der Waals surface area contributed by atoms with Crippen LogP contribution in [0.25, 0.3) is 22.0 Å². The Morgan fingerprint density at radius 2 is 1.50 bits per heavy atom. The maximum atomic E-state index is 13.4. The van der Waals surface area contributed by atoms with Crippen LogP contribution in [0.4, 0.5) is 21.8 Å². The molecule has 0 radical (unpaired) electrons. The molecule has 6 nitrogen and oxygen atoms in total. The third kappa shape index (κ3) is 4.55. The van der Waals surface area contributed by atoms with Gasteiger partial charge in [0, 0.05) is 44.2 Å². The lowest BCUT2D eigenvalue weighted by molar-refractivity contribution is -0.114. The van der Waals surface area contributed by atoms with Crippen molar-refractivity contribution in [1.29, 1.82) is 0 Å². The smallest absolute Gasteiger partial charge is 0.231 e. The molecule has 7 heteroatoms. The number of benzene rings is 3. The van der Waals surface area contributed by atoms with E-state index >= 15 is 0 Å². The first-order chi connectivity index (χ1) is 16.5. The molecule has 0 spiro atoms. The lowest BCUT2D eigenvalue weighted by atomic mass is 10.0. The van der Waals surface area contributed by atoms with Crippen LogP contribution in [0.5, 0.6) is 0 Å². The van der Waals surface area contributed by atoms with Gasteiger partial charge in [0.05, 0.1) is 5.52 Å². The number of carbonyl (C=O) groups is 1. The molecule has 172 valence electrons. The summed E-state index contributed by atoms with van der Waals surface area (Å²) in [6.45, 7) is 6.85. The minimum absolute atomic E-state index is 0.211. The molecule has 34 heavy (non-hydrogen) atoms. The lowest BCUT2D eigenvalue weighted by Crippen LogP contribution is -2.47. The monoisotopic (exact) mass is 455 g/mol. The molecule has 0 bridgehead atoms. The highest BCUT2D eigenvalue weighted by atomic mass is 19.1. The number of hydrogen-bond donors (Lipinski definition) is 1. The van der Waals surface area contributed by atoms with Gasteiger partial charge in [0.2, 0.25) is 11.9 Å². The minimum atomic E-state index is -0.264. The number of amides is 1. The number of piperazine rings is 1. The van der Waals surface area contributed by atoms with Crippen LogP contribution in [-0.2, 0) is 4.79 Å². The molecule has 0 saturated carbocycles. The fourth-order valence-electron chi connectivity index (χ4n) is 4.32. The summed E-state index contributed by atoms with van der Waals surface area (Å²) in [6, 6.07) is 21.0. The second-order valence-corrected chi connectivity index (χ2v) is 8.60. The number of anilines is 3. The summed E-state index contributed by atoms with van der Waals surface area (Å²) >= 11 is 0. The summed E-state index contributed by atoms with van der Waals surface area (Å²) in [5, 5.41) is 3.63. The second kappa shape index (κ2) is 9.09. The lowest BCUT2D eigenvalue weighted by Gasteiger charge is -2.37. The summed E-state index contributed by atoms with van der Waals surface area (Å²) in [6.07, 6.45) is 0.